The molecule has 3 aromatic carbocycles. The number of para-hydroxylation sites is 1. The van der Waals surface area contributed by atoms with Crippen molar-refractivity contribution in [2.45, 2.75) is 51.1 Å². The maximum absolute atomic E-state index is 14.0. The summed E-state index contributed by atoms with van der Waals surface area (Å²) in [4.78, 5) is 21.6. The first-order valence-electron chi connectivity index (χ1n) is 13.4. The van der Waals surface area contributed by atoms with Gasteiger partial charge in [-0.3, -0.25) is 9.36 Å². The summed E-state index contributed by atoms with van der Waals surface area (Å²) in [6, 6.07) is 19.6. The first-order chi connectivity index (χ1) is 18.1. The van der Waals surface area contributed by atoms with Gasteiger partial charge in [-0.15, -0.1) is 0 Å². The van der Waals surface area contributed by atoms with Crippen LogP contribution in [0.15, 0.2) is 71.5 Å². The molecule has 0 amide bonds. The van der Waals surface area contributed by atoms with Crippen LogP contribution in [0.1, 0.15) is 38.5 Å². The van der Waals surface area contributed by atoms with Crippen molar-refractivity contribution in [3.8, 4) is 28.3 Å². The first kappa shape index (κ1) is 23.9. The lowest BCUT2D eigenvalue weighted by molar-refractivity contribution is 0.116. The number of aromatic nitrogens is 2. The smallest absolute Gasteiger partial charge is 0.261 e. The van der Waals surface area contributed by atoms with Crippen LogP contribution in [0, 0.1) is 11.7 Å². The maximum atomic E-state index is 14.0. The third-order valence-corrected chi connectivity index (χ3v) is 8.09. The van der Waals surface area contributed by atoms with Gasteiger partial charge in [0.15, 0.2) is 0 Å². The van der Waals surface area contributed by atoms with E-state index < -0.39 is 0 Å². The number of aromatic hydroxyl groups is 1. The van der Waals surface area contributed by atoms with Crippen LogP contribution >= 0.6 is 0 Å². The van der Waals surface area contributed by atoms with Crippen LogP contribution in [-0.2, 0) is 6.54 Å². The van der Waals surface area contributed by atoms with Crippen molar-refractivity contribution in [2.75, 3.05) is 13.1 Å². The first-order valence-corrected chi connectivity index (χ1v) is 13.4. The molecule has 1 aliphatic carbocycles. The highest BCUT2D eigenvalue weighted by Crippen LogP contribution is 2.32. The number of halogens is 1. The molecular weight excluding hydrogens is 465 g/mol. The van der Waals surface area contributed by atoms with Gasteiger partial charge in [-0.05, 0) is 85.7 Å². The summed E-state index contributed by atoms with van der Waals surface area (Å²) in [5.74, 6) is 0.622. The van der Waals surface area contributed by atoms with Gasteiger partial charge < -0.3 is 10.0 Å². The number of likely N-dealkylation sites (tertiary alicyclic amines) is 1. The molecule has 1 unspecified atom stereocenters. The van der Waals surface area contributed by atoms with Crippen molar-refractivity contribution in [1.82, 2.24) is 14.5 Å². The highest BCUT2D eigenvalue weighted by Gasteiger charge is 2.29. The molecule has 4 aromatic rings. The Morgan fingerprint density at radius 3 is 2.54 bits per heavy atom. The van der Waals surface area contributed by atoms with Crippen molar-refractivity contribution in [1.29, 1.82) is 0 Å². The van der Waals surface area contributed by atoms with E-state index in [2.05, 4.69) is 4.90 Å². The van der Waals surface area contributed by atoms with Gasteiger partial charge in [-0.2, -0.15) is 0 Å². The standard InChI is InChI=1S/C31H32FN3O2/c32-24-9-5-8-22(17-24)23-14-15-28-27(18-23)31(37)35(30(33-28)26-12-3-4-13-29(26)36)20-21-7-6-16-34(19-21)25-10-1-2-11-25/h3-5,8-9,12-15,17-18,21,25,36H,1-2,6-7,10-11,16,19-20H2. The molecule has 2 heterocycles. The van der Waals surface area contributed by atoms with Gasteiger partial charge in [0.2, 0.25) is 0 Å². The Bertz CT molecular complexity index is 1490. The Morgan fingerprint density at radius 1 is 0.919 bits per heavy atom. The van der Waals surface area contributed by atoms with Gasteiger partial charge in [-0.25, -0.2) is 9.37 Å². The number of fused-ring (bicyclic) bond motifs is 1. The fourth-order valence-electron chi connectivity index (χ4n) is 6.21. The summed E-state index contributed by atoms with van der Waals surface area (Å²) in [5.41, 5.74) is 2.49. The average molecular weight is 498 g/mol. The van der Waals surface area contributed by atoms with Crippen LogP contribution in [0.2, 0.25) is 0 Å². The fraction of sp³-hybridized carbons (Fsp3) is 0.355. The van der Waals surface area contributed by atoms with Crippen molar-refractivity contribution < 1.29 is 9.50 Å². The molecule has 37 heavy (non-hydrogen) atoms. The van der Waals surface area contributed by atoms with Crippen LogP contribution in [0.5, 0.6) is 5.75 Å². The Labute approximate surface area is 216 Å². The van der Waals surface area contributed by atoms with E-state index in [-0.39, 0.29) is 17.1 Å². The molecule has 0 spiro atoms. The lowest BCUT2D eigenvalue weighted by Gasteiger charge is -2.37. The Morgan fingerprint density at radius 2 is 1.73 bits per heavy atom. The summed E-state index contributed by atoms with van der Waals surface area (Å²) in [6.45, 7) is 2.67. The largest absolute Gasteiger partial charge is 0.507 e. The van der Waals surface area contributed by atoms with E-state index in [1.54, 1.807) is 22.8 Å². The average Bonchev–Trinajstić information content (AvgIpc) is 3.46. The van der Waals surface area contributed by atoms with Gasteiger partial charge in [0.1, 0.15) is 17.4 Å². The fourth-order valence-corrected chi connectivity index (χ4v) is 6.21. The SMILES string of the molecule is O=c1c2cc(-c3cccc(F)c3)ccc2nc(-c2ccccc2O)n1CC1CCCN(C2CCCC2)C1. The zero-order chi connectivity index (χ0) is 25.4. The minimum atomic E-state index is -0.313. The Balaban J connectivity index is 1.44. The van der Waals surface area contributed by atoms with E-state index in [0.29, 0.717) is 40.8 Å². The summed E-state index contributed by atoms with van der Waals surface area (Å²) in [5, 5.41) is 11.2. The summed E-state index contributed by atoms with van der Waals surface area (Å²) < 4.78 is 15.6. The quantitative estimate of drug-likeness (QED) is 0.355. The third kappa shape index (κ3) is 4.78. The molecule has 1 saturated heterocycles. The highest BCUT2D eigenvalue weighted by atomic mass is 19.1. The van der Waals surface area contributed by atoms with Crippen molar-refractivity contribution in [3.63, 3.8) is 0 Å². The van der Waals surface area contributed by atoms with Crippen molar-refractivity contribution in [3.05, 3.63) is 82.9 Å². The number of hydrogen-bond donors (Lipinski definition) is 1. The number of rotatable bonds is 5. The molecule has 1 saturated carbocycles. The van der Waals surface area contributed by atoms with E-state index in [0.717, 1.165) is 37.1 Å². The lowest BCUT2D eigenvalue weighted by atomic mass is 9.95. The molecule has 1 aliphatic heterocycles. The Hall–Kier alpha value is -3.51. The number of phenols is 1. The van der Waals surface area contributed by atoms with Gasteiger partial charge in [0.05, 0.1) is 16.5 Å². The van der Waals surface area contributed by atoms with Gasteiger partial charge in [-0.1, -0.05) is 43.2 Å². The predicted octanol–water partition coefficient (Wildman–Crippen LogP) is 6.23. The van der Waals surface area contributed by atoms with Crippen molar-refractivity contribution in [2.24, 2.45) is 5.92 Å². The van der Waals surface area contributed by atoms with Crippen LogP contribution < -0.4 is 5.56 Å². The van der Waals surface area contributed by atoms with E-state index in [9.17, 15) is 14.3 Å². The zero-order valence-electron chi connectivity index (χ0n) is 20.9. The predicted molar refractivity (Wildman–Crippen MR) is 145 cm³/mol. The Kier molecular flexibility index (Phi) is 6.51. The van der Waals surface area contributed by atoms with E-state index in [1.165, 1.54) is 37.8 Å². The number of hydrogen-bond acceptors (Lipinski definition) is 4. The van der Waals surface area contributed by atoms with Gasteiger partial charge in [0, 0.05) is 19.1 Å². The van der Waals surface area contributed by atoms with E-state index in [4.69, 9.17) is 4.98 Å². The minimum absolute atomic E-state index is 0.107. The maximum Gasteiger partial charge on any atom is 0.261 e. The molecule has 2 aliphatic rings. The van der Waals surface area contributed by atoms with Crippen LogP contribution in [-0.4, -0.2) is 38.7 Å². The number of nitrogens with zero attached hydrogens (tertiary/aromatic N) is 3. The van der Waals surface area contributed by atoms with E-state index in [1.807, 2.05) is 36.4 Å². The summed E-state index contributed by atoms with van der Waals surface area (Å²) >= 11 is 0. The molecule has 0 radical (unpaired) electrons. The molecule has 1 N–H and O–H groups in total. The minimum Gasteiger partial charge on any atom is -0.507 e. The zero-order valence-corrected chi connectivity index (χ0v) is 20.9. The molecular formula is C31H32FN3O2. The van der Waals surface area contributed by atoms with Crippen molar-refractivity contribution >= 4 is 10.9 Å². The van der Waals surface area contributed by atoms with Crippen LogP contribution in [0.3, 0.4) is 0 Å². The van der Waals surface area contributed by atoms with Gasteiger partial charge >= 0.3 is 0 Å². The molecule has 5 nitrogen and oxygen atoms in total. The second-order valence-corrected chi connectivity index (χ2v) is 10.6. The summed E-state index contributed by atoms with van der Waals surface area (Å²) in [6.07, 6.45) is 7.37. The third-order valence-electron chi connectivity index (χ3n) is 8.09. The molecule has 1 atom stereocenters. The second kappa shape index (κ2) is 10.1. The number of phenolic OH excluding ortho intramolecular Hbond substituents is 1. The molecule has 2 fully saturated rings. The lowest BCUT2D eigenvalue weighted by Crippen LogP contribution is -2.43. The molecule has 1 aromatic heterocycles. The molecule has 190 valence electrons. The molecule has 0 bridgehead atoms. The molecule has 6 heteroatoms. The van der Waals surface area contributed by atoms with Gasteiger partial charge in [0.25, 0.3) is 5.56 Å². The van der Waals surface area contributed by atoms with Crippen LogP contribution in [0.25, 0.3) is 33.4 Å². The number of benzene rings is 3. The van der Waals surface area contributed by atoms with E-state index >= 15 is 0 Å². The number of piperidine rings is 1. The summed E-state index contributed by atoms with van der Waals surface area (Å²) in [7, 11) is 0. The normalized spacial score (nSPS) is 19.0. The monoisotopic (exact) mass is 497 g/mol. The van der Waals surface area contributed by atoms with Crippen LogP contribution in [0.4, 0.5) is 4.39 Å². The molecule has 6 rings (SSSR count). The highest BCUT2D eigenvalue weighted by molar-refractivity contribution is 5.85. The topological polar surface area (TPSA) is 58.4 Å². The second-order valence-electron chi connectivity index (χ2n) is 10.6.